The Labute approximate surface area is 131 Å². The molecule has 1 saturated heterocycles. The summed E-state index contributed by atoms with van der Waals surface area (Å²) in [4.78, 5) is 11.7. The molecule has 1 aromatic rings. The van der Waals surface area contributed by atoms with Gasteiger partial charge in [-0.05, 0) is 46.2 Å². The molecule has 0 aliphatic carbocycles. The van der Waals surface area contributed by atoms with Crippen LogP contribution >= 0.6 is 0 Å². The Bertz CT molecular complexity index is 645. The van der Waals surface area contributed by atoms with Gasteiger partial charge in [0.25, 0.3) is 0 Å². The van der Waals surface area contributed by atoms with Crippen LogP contribution in [0.3, 0.4) is 0 Å². The summed E-state index contributed by atoms with van der Waals surface area (Å²) in [5.41, 5.74) is 1.10. The van der Waals surface area contributed by atoms with E-state index in [1.54, 1.807) is 13.0 Å². The highest BCUT2D eigenvalue weighted by atomic mass is 16.7. The zero-order chi connectivity index (χ0) is 16.7. The molecule has 0 amide bonds. The van der Waals surface area contributed by atoms with Gasteiger partial charge >= 0.3 is 13.1 Å². The molecule has 0 aromatic heterocycles. The molecule has 0 atom stereocenters. The lowest BCUT2D eigenvalue weighted by molar-refractivity contribution is 0.00578. The van der Waals surface area contributed by atoms with Crippen LogP contribution in [-0.2, 0) is 14.0 Å². The first-order valence-electron chi connectivity index (χ1n) is 7.11. The highest BCUT2D eigenvalue weighted by Gasteiger charge is 2.52. The maximum absolute atomic E-state index is 11.7. The molecule has 0 saturated carbocycles. The summed E-state index contributed by atoms with van der Waals surface area (Å²) in [6, 6.07) is 5.39. The number of ether oxygens (including phenoxy) is 1. The molecule has 2 rings (SSSR count). The standard InChI is InChI=1S/C16H20BNO4/c1-10-7-13(11(9-18)8-12(10)14(19)20-6)17-21-15(2,3)16(4,5)22-17/h7-8H,1-6H3. The first-order valence-corrected chi connectivity index (χ1v) is 7.11. The van der Waals surface area contributed by atoms with Crippen molar-refractivity contribution in [3.63, 3.8) is 0 Å². The molecule has 0 radical (unpaired) electrons. The summed E-state index contributed by atoms with van der Waals surface area (Å²) in [6.07, 6.45) is 0. The second kappa shape index (κ2) is 5.42. The second-order valence-corrected chi connectivity index (χ2v) is 6.45. The fourth-order valence-electron chi connectivity index (χ4n) is 2.32. The fourth-order valence-corrected chi connectivity index (χ4v) is 2.32. The first kappa shape index (κ1) is 16.5. The molecule has 1 aliphatic rings. The summed E-state index contributed by atoms with van der Waals surface area (Å²) in [5.74, 6) is -0.463. The maximum atomic E-state index is 11.7. The molecule has 1 aliphatic heterocycles. The average Bonchev–Trinajstić information content (AvgIpc) is 2.66. The van der Waals surface area contributed by atoms with Gasteiger partial charge in [-0.3, -0.25) is 0 Å². The second-order valence-electron chi connectivity index (χ2n) is 6.45. The van der Waals surface area contributed by atoms with E-state index >= 15 is 0 Å². The van der Waals surface area contributed by atoms with Gasteiger partial charge in [0, 0.05) is 5.46 Å². The fraction of sp³-hybridized carbons (Fsp3) is 0.500. The van der Waals surface area contributed by atoms with E-state index in [2.05, 4.69) is 6.07 Å². The highest BCUT2D eigenvalue weighted by molar-refractivity contribution is 6.63. The number of esters is 1. The highest BCUT2D eigenvalue weighted by Crippen LogP contribution is 2.36. The number of rotatable bonds is 2. The molecule has 1 heterocycles. The Hall–Kier alpha value is -1.84. The van der Waals surface area contributed by atoms with Crippen LogP contribution in [0.15, 0.2) is 12.1 Å². The van der Waals surface area contributed by atoms with Crippen LogP contribution in [0.25, 0.3) is 0 Å². The molecular weight excluding hydrogens is 281 g/mol. The zero-order valence-electron chi connectivity index (χ0n) is 13.8. The molecule has 5 nitrogen and oxygen atoms in total. The van der Waals surface area contributed by atoms with Crippen molar-refractivity contribution in [2.24, 2.45) is 0 Å². The molecule has 0 spiro atoms. The summed E-state index contributed by atoms with van der Waals surface area (Å²) in [5, 5.41) is 9.40. The number of carbonyl (C=O) groups is 1. The van der Waals surface area contributed by atoms with Crippen molar-refractivity contribution in [2.75, 3.05) is 7.11 Å². The van der Waals surface area contributed by atoms with Gasteiger partial charge in [0.1, 0.15) is 0 Å². The van der Waals surface area contributed by atoms with Crippen LogP contribution in [0.1, 0.15) is 49.2 Å². The van der Waals surface area contributed by atoms with Gasteiger partial charge < -0.3 is 14.0 Å². The average molecular weight is 301 g/mol. The Kier molecular flexibility index (Phi) is 4.07. The van der Waals surface area contributed by atoms with Crippen LogP contribution in [0, 0.1) is 18.3 Å². The number of carbonyl (C=O) groups excluding carboxylic acids is 1. The molecule has 0 N–H and O–H groups in total. The minimum atomic E-state index is -0.634. The normalized spacial score (nSPS) is 18.9. The van der Waals surface area contributed by atoms with Crippen molar-refractivity contribution in [3.8, 4) is 6.07 Å². The molecule has 0 bridgehead atoms. The predicted octanol–water partition coefficient (Wildman–Crippen LogP) is 1.95. The number of hydrogen-bond donors (Lipinski definition) is 0. The van der Waals surface area contributed by atoms with Crippen LogP contribution in [0.2, 0.25) is 0 Å². The zero-order valence-corrected chi connectivity index (χ0v) is 13.8. The molecule has 116 valence electrons. The van der Waals surface area contributed by atoms with Gasteiger partial charge in [-0.1, -0.05) is 6.07 Å². The Morgan fingerprint density at radius 2 is 1.77 bits per heavy atom. The van der Waals surface area contributed by atoms with E-state index in [1.165, 1.54) is 13.2 Å². The monoisotopic (exact) mass is 301 g/mol. The number of aryl methyl sites for hydroxylation is 1. The number of nitrogens with zero attached hydrogens (tertiary/aromatic N) is 1. The smallest absolute Gasteiger partial charge is 0.465 e. The van der Waals surface area contributed by atoms with Crippen LogP contribution in [0.4, 0.5) is 0 Å². The predicted molar refractivity (Wildman–Crippen MR) is 82.9 cm³/mol. The number of hydrogen-bond acceptors (Lipinski definition) is 5. The van der Waals surface area contributed by atoms with E-state index in [1.807, 2.05) is 27.7 Å². The van der Waals surface area contributed by atoms with Crippen molar-refractivity contribution >= 4 is 18.6 Å². The Morgan fingerprint density at radius 3 is 2.23 bits per heavy atom. The van der Waals surface area contributed by atoms with Gasteiger partial charge in [-0.15, -0.1) is 0 Å². The Morgan fingerprint density at radius 1 is 1.23 bits per heavy atom. The lowest BCUT2D eigenvalue weighted by atomic mass is 9.74. The molecular formula is C16H20BNO4. The summed E-state index contributed by atoms with van der Waals surface area (Å²) in [6.45, 7) is 9.61. The van der Waals surface area contributed by atoms with Crippen molar-refractivity contribution in [1.29, 1.82) is 5.26 Å². The third kappa shape index (κ3) is 2.62. The molecule has 1 fully saturated rings. The molecule has 1 aromatic carbocycles. The minimum Gasteiger partial charge on any atom is -0.465 e. The lowest BCUT2D eigenvalue weighted by Gasteiger charge is -2.32. The third-order valence-electron chi connectivity index (χ3n) is 4.43. The quantitative estimate of drug-likeness (QED) is 0.617. The minimum absolute atomic E-state index is 0.351. The van der Waals surface area contributed by atoms with Gasteiger partial charge in [-0.2, -0.15) is 5.26 Å². The maximum Gasteiger partial charge on any atom is 0.496 e. The van der Waals surface area contributed by atoms with E-state index in [9.17, 15) is 10.1 Å². The Balaban J connectivity index is 2.48. The van der Waals surface area contributed by atoms with Crippen molar-refractivity contribution in [3.05, 3.63) is 28.8 Å². The van der Waals surface area contributed by atoms with Gasteiger partial charge in [0.15, 0.2) is 0 Å². The van der Waals surface area contributed by atoms with E-state index in [-0.39, 0.29) is 0 Å². The number of methoxy groups -OCH3 is 1. The van der Waals surface area contributed by atoms with E-state index in [4.69, 9.17) is 14.0 Å². The van der Waals surface area contributed by atoms with Crippen molar-refractivity contribution in [1.82, 2.24) is 0 Å². The van der Waals surface area contributed by atoms with Crippen LogP contribution < -0.4 is 5.46 Å². The first-order chi connectivity index (χ1) is 10.1. The van der Waals surface area contributed by atoms with Crippen molar-refractivity contribution in [2.45, 2.75) is 45.8 Å². The van der Waals surface area contributed by atoms with Gasteiger partial charge in [-0.25, -0.2) is 4.79 Å². The molecule has 6 heteroatoms. The van der Waals surface area contributed by atoms with E-state index in [0.29, 0.717) is 16.6 Å². The molecule has 0 unspecified atom stereocenters. The SMILES string of the molecule is COC(=O)c1cc(C#N)c(B2OC(C)(C)C(C)(C)O2)cc1C. The number of nitriles is 1. The largest absolute Gasteiger partial charge is 0.496 e. The van der Waals surface area contributed by atoms with Crippen LogP contribution in [-0.4, -0.2) is 31.4 Å². The topological polar surface area (TPSA) is 68.6 Å². The summed E-state index contributed by atoms with van der Waals surface area (Å²) >= 11 is 0. The van der Waals surface area contributed by atoms with Crippen LogP contribution in [0.5, 0.6) is 0 Å². The third-order valence-corrected chi connectivity index (χ3v) is 4.43. The summed E-state index contributed by atoms with van der Waals surface area (Å²) < 4.78 is 16.7. The lowest BCUT2D eigenvalue weighted by Crippen LogP contribution is -2.41. The van der Waals surface area contributed by atoms with Crippen molar-refractivity contribution < 1.29 is 18.8 Å². The molecule has 22 heavy (non-hydrogen) atoms. The van der Waals surface area contributed by atoms with E-state index < -0.39 is 24.3 Å². The van der Waals surface area contributed by atoms with Gasteiger partial charge in [0.2, 0.25) is 0 Å². The summed E-state index contributed by atoms with van der Waals surface area (Å²) in [7, 11) is 0.681. The van der Waals surface area contributed by atoms with Gasteiger partial charge in [0.05, 0.1) is 35.5 Å². The number of benzene rings is 1. The van der Waals surface area contributed by atoms with E-state index in [0.717, 1.165) is 5.56 Å².